The number of amides is 1. The summed E-state index contributed by atoms with van der Waals surface area (Å²) in [4.78, 5) is 11.6. The minimum absolute atomic E-state index is 0.0347. The maximum atomic E-state index is 12.8. The van der Waals surface area contributed by atoms with E-state index in [9.17, 15) is 18.0 Å². The highest BCUT2D eigenvalue weighted by Crippen LogP contribution is 2.45. The van der Waals surface area contributed by atoms with Gasteiger partial charge in [0.1, 0.15) is 0 Å². The van der Waals surface area contributed by atoms with E-state index >= 15 is 0 Å². The molecule has 0 saturated heterocycles. The predicted molar refractivity (Wildman–Crippen MR) is 53.1 cm³/mol. The molecule has 0 aliphatic carbocycles. The fourth-order valence-electron chi connectivity index (χ4n) is 1.96. The van der Waals surface area contributed by atoms with Crippen LogP contribution < -0.4 is 5.32 Å². The average molecular weight is 229 g/mol. The van der Waals surface area contributed by atoms with E-state index in [1.807, 2.05) is 0 Å². The molecular formula is C11H10F3NO. The van der Waals surface area contributed by atoms with Crippen molar-refractivity contribution in [3.8, 4) is 0 Å². The molecule has 0 fully saturated rings. The maximum absolute atomic E-state index is 12.8. The zero-order valence-electron chi connectivity index (χ0n) is 8.77. The van der Waals surface area contributed by atoms with Gasteiger partial charge in [-0.25, -0.2) is 0 Å². The van der Waals surface area contributed by atoms with Gasteiger partial charge in [-0.15, -0.1) is 0 Å². The van der Waals surface area contributed by atoms with Gasteiger partial charge in [-0.1, -0.05) is 6.07 Å². The van der Waals surface area contributed by atoms with Crippen LogP contribution in [0.4, 0.5) is 18.9 Å². The monoisotopic (exact) mass is 229 g/mol. The number of hydrogen-bond donors (Lipinski definition) is 1. The van der Waals surface area contributed by atoms with Gasteiger partial charge in [-0.05, 0) is 26.0 Å². The number of halogens is 3. The maximum Gasteiger partial charge on any atom is 0.416 e. The molecule has 2 nitrogen and oxygen atoms in total. The highest BCUT2D eigenvalue weighted by molar-refractivity contribution is 6.06. The van der Waals surface area contributed by atoms with Crippen molar-refractivity contribution >= 4 is 11.6 Å². The largest absolute Gasteiger partial charge is 0.416 e. The van der Waals surface area contributed by atoms with Gasteiger partial charge in [-0.3, -0.25) is 4.79 Å². The molecule has 0 unspecified atom stereocenters. The van der Waals surface area contributed by atoms with Crippen molar-refractivity contribution in [2.45, 2.75) is 25.4 Å². The summed E-state index contributed by atoms with van der Waals surface area (Å²) in [6, 6.07) is 3.78. The molecule has 0 radical (unpaired) electrons. The van der Waals surface area contributed by atoms with E-state index in [4.69, 9.17) is 0 Å². The summed E-state index contributed by atoms with van der Waals surface area (Å²) in [5.41, 5.74) is -1.59. The summed E-state index contributed by atoms with van der Waals surface area (Å²) in [7, 11) is 0. The molecule has 0 saturated carbocycles. The first kappa shape index (κ1) is 11.0. The Morgan fingerprint density at radius 2 is 1.88 bits per heavy atom. The van der Waals surface area contributed by atoms with Crippen molar-refractivity contribution in [1.29, 1.82) is 0 Å². The Morgan fingerprint density at radius 1 is 1.25 bits per heavy atom. The Hall–Kier alpha value is -1.52. The Bertz CT molecular complexity index is 463. The van der Waals surface area contributed by atoms with Gasteiger partial charge in [0.2, 0.25) is 5.91 Å². The van der Waals surface area contributed by atoms with Crippen molar-refractivity contribution in [3.05, 3.63) is 29.3 Å². The molecule has 16 heavy (non-hydrogen) atoms. The van der Waals surface area contributed by atoms with Crippen molar-refractivity contribution in [3.63, 3.8) is 0 Å². The van der Waals surface area contributed by atoms with Gasteiger partial charge in [0.25, 0.3) is 0 Å². The van der Waals surface area contributed by atoms with Crippen LogP contribution in [-0.2, 0) is 16.4 Å². The van der Waals surface area contributed by atoms with E-state index < -0.39 is 23.1 Å². The van der Waals surface area contributed by atoms with E-state index in [2.05, 4.69) is 5.32 Å². The molecule has 1 aromatic carbocycles. The number of benzene rings is 1. The van der Waals surface area contributed by atoms with E-state index in [0.717, 1.165) is 6.07 Å². The number of alkyl halides is 3. The predicted octanol–water partition coefficient (Wildman–Crippen LogP) is 2.94. The molecule has 86 valence electrons. The summed E-state index contributed by atoms with van der Waals surface area (Å²) in [6.07, 6.45) is -4.44. The van der Waals surface area contributed by atoms with Crippen molar-refractivity contribution in [2.75, 3.05) is 5.32 Å². The molecule has 0 aromatic heterocycles. The highest BCUT2D eigenvalue weighted by atomic mass is 19.4. The topological polar surface area (TPSA) is 29.1 Å². The molecular weight excluding hydrogens is 219 g/mol. The first-order chi connectivity index (χ1) is 7.24. The van der Waals surface area contributed by atoms with Crippen molar-refractivity contribution in [2.24, 2.45) is 0 Å². The van der Waals surface area contributed by atoms with Gasteiger partial charge < -0.3 is 5.32 Å². The molecule has 0 atom stereocenters. The summed E-state index contributed by atoms with van der Waals surface area (Å²) in [5.74, 6) is -0.404. The van der Waals surface area contributed by atoms with Gasteiger partial charge in [0.15, 0.2) is 0 Å². The van der Waals surface area contributed by atoms with Crippen LogP contribution in [0.25, 0.3) is 0 Å². The van der Waals surface area contributed by atoms with Gasteiger partial charge in [0.05, 0.1) is 11.0 Å². The van der Waals surface area contributed by atoms with Crippen LogP contribution in [0.2, 0.25) is 0 Å². The summed E-state index contributed by atoms with van der Waals surface area (Å²) < 4.78 is 38.3. The molecule has 2 rings (SSSR count). The Labute approximate surface area is 90.5 Å². The molecule has 1 aromatic rings. The first-order valence-corrected chi connectivity index (χ1v) is 4.77. The summed E-state index contributed by atoms with van der Waals surface area (Å²) in [5, 5.41) is 2.46. The lowest BCUT2D eigenvalue weighted by molar-refractivity contribution is -0.138. The third-order valence-electron chi connectivity index (χ3n) is 2.81. The number of carbonyl (C=O) groups excluding carboxylic acids is 1. The molecule has 1 aliphatic rings. The second kappa shape index (κ2) is 2.99. The highest BCUT2D eigenvalue weighted by Gasteiger charge is 2.46. The van der Waals surface area contributed by atoms with Crippen LogP contribution in [-0.4, -0.2) is 5.91 Å². The van der Waals surface area contributed by atoms with E-state index in [0.29, 0.717) is 0 Å². The van der Waals surface area contributed by atoms with Crippen LogP contribution in [0, 0.1) is 0 Å². The lowest BCUT2D eigenvalue weighted by Gasteiger charge is -2.20. The zero-order valence-corrected chi connectivity index (χ0v) is 8.77. The van der Waals surface area contributed by atoms with E-state index in [-0.39, 0.29) is 11.3 Å². The third-order valence-corrected chi connectivity index (χ3v) is 2.81. The number of carbonyl (C=O) groups is 1. The molecule has 5 heteroatoms. The Morgan fingerprint density at radius 3 is 2.44 bits per heavy atom. The zero-order chi connectivity index (χ0) is 12.1. The lowest BCUT2D eigenvalue weighted by Crippen LogP contribution is -2.28. The summed E-state index contributed by atoms with van der Waals surface area (Å²) in [6.45, 7) is 2.98. The van der Waals surface area contributed by atoms with Crippen LogP contribution >= 0.6 is 0 Å². The molecule has 1 aliphatic heterocycles. The van der Waals surface area contributed by atoms with Gasteiger partial charge >= 0.3 is 6.18 Å². The standard InChI is InChI=1S/C11H10F3NO/c1-10(2)8-6(11(12,13)14)4-3-5-7(8)15-9(10)16/h3-5H,1-2H3,(H,15,16). The number of nitrogens with one attached hydrogen (secondary N) is 1. The molecule has 1 N–H and O–H groups in total. The molecule has 1 amide bonds. The second-order valence-corrected chi connectivity index (χ2v) is 4.31. The van der Waals surface area contributed by atoms with Crippen LogP contribution in [0.1, 0.15) is 25.0 Å². The van der Waals surface area contributed by atoms with E-state index in [1.54, 1.807) is 0 Å². The summed E-state index contributed by atoms with van der Waals surface area (Å²) >= 11 is 0. The van der Waals surface area contributed by atoms with Gasteiger partial charge in [-0.2, -0.15) is 13.2 Å². The van der Waals surface area contributed by atoms with Crippen LogP contribution in [0.15, 0.2) is 18.2 Å². The third kappa shape index (κ3) is 1.38. The van der Waals surface area contributed by atoms with Crippen molar-refractivity contribution < 1.29 is 18.0 Å². The molecule has 1 heterocycles. The fraction of sp³-hybridized carbons (Fsp3) is 0.364. The normalized spacial score (nSPS) is 18.2. The number of anilines is 1. The van der Waals surface area contributed by atoms with Crippen molar-refractivity contribution in [1.82, 2.24) is 0 Å². The fourth-order valence-corrected chi connectivity index (χ4v) is 1.96. The minimum atomic E-state index is -4.44. The quantitative estimate of drug-likeness (QED) is 0.728. The van der Waals surface area contributed by atoms with Crippen LogP contribution in [0.5, 0.6) is 0 Å². The SMILES string of the molecule is CC1(C)C(=O)Nc2cccc(C(F)(F)F)c21. The number of hydrogen-bond acceptors (Lipinski definition) is 1. The number of rotatable bonds is 0. The van der Waals surface area contributed by atoms with Crippen LogP contribution in [0.3, 0.4) is 0 Å². The minimum Gasteiger partial charge on any atom is -0.325 e. The molecule has 0 spiro atoms. The average Bonchev–Trinajstić information content (AvgIpc) is 2.37. The van der Waals surface area contributed by atoms with E-state index in [1.165, 1.54) is 26.0 Å². The lowest BCUT2D eigenvalue weighted by atomic mass is 9.83. The molecule has 0 bridgehead atoms. The number of fused-ring (bicyclic) bond motifs is 1. The Kier molecular flexibility index (Phi) is 2.05. The van der Waals surface area contributed by atoms with Gasteiger partial charge in [0, 0.05) is 11.3 Å². The first-order valence-electron chi connectivity index (χ1n) is 4.77. The smallest absolute Gasteiger partial charge is 0.325 e. The Balaban J connectivity index is 2.71. The second-order valence-electron chi connectivity index (χ2n) is 4.31.